The van der Waals surface area contributed by atoms with Crippen LogP contribution in [0, 0.1) is 0 Å². The quantitative estimate of drug-likeness (QED) is 0.562. The van der Waals surface area contributed by atoms with Crippen LogP contribution in [-0.2, 0) is 17.6 Å². The molecule has 1 unspecified atom stereocenters. The smallest absolute Gasteiger partial charge is 0.326 e. The highest BCUT2D eigenvalue weighted by atomic mass is 16.4. The van der Waals surface area contributed by atoms with Crippen LogP contribution in [0.4, 0.5) is 0 Å². The number of H-pyrrole nitrogens is 2. The Morgan fingerprint density at radius 3 is 2.90 bits per heavy atom. The molecule has 112 valence electrons. The maximum Gasteiger partial charge on any atom is 0.326 e. The number of carboxylic acid groups (broad SMARTS) is 1. The molecule has 0 spiro atoms. The third-order valence-electron chi connectivity index (χ3n) is 2.80. The molecular weight excluding hydrogens is 276 g/mol. The molecule has 2 rings (SSSR count). The van der Waals surface area contributed by atoms with E-state index < -0.39 is 17.9 Å². The number of hydrogen-bond acceptors (Lipinski definition) is 5. The fourth-order valence-electron chi connectivity index (χ4n) is 1.78. The molecule has 1 atom stereocenters. The molecule has 0 saturated heterocycles. The monoisotopic (exact) mass is 292 g/mol. The topological polar surface area (TPSA) is 137 Å². The summed E-state index contributed by atoms with van der Waals surface area (Å²) >= 11 is 0. The van der Waals surface area contributed by atoms with Gasteiger partial charge in [-0.2, -0.15) is 0 Å². The lowest BCUT2D eigenvalue weighted by Crippen LogP contribution is -2.42. The molecule has 2 aromatic heterocycles. The Morgan fingerprint density at radius 1 is 1.48 bits per heavy atom. The molecule has 2 heterocycles. The molecule has 0 fully saturated rings. The lowest BCUT2D eigenvalue weighted by molar-refractivity contribution is -0.139. The largest absolute Gasteiger partial charge is 0.480 e. The number of rotatable bonds is 7. The van der Waals surface area contributed by atoms with E-state index in [2.05, 4.69) is 30.5 Å². The second-order valence-electron chi connectivity index (χ2n) is 4.50. The molecule has 0 aliphatic carbocycles. The van der Waals surface area contributed by atoms with E-state index >= 15 is 0 Å². The number of aryl methyl sites for hydroxylation is 1. The van der Waals surface area contributed by atoms with Gasteiger partial charge in [0.1, 0.15) is 11.9 Å². The van der Waals surface area contributed by atoms with Gasteiger partial charge in [-0.05, 0) is 6.42 Å². The van der Waals surface area contributed by atoms with Crippen LogP contribution in [0.15, 0.2) is 12.5 Å². The number of nitrogens with one attached hydrogen (secondary N) is 3. The van der Waals surface area contributed by atoms with Crippen LogP contribution in [0.25, 0.3) is 0 Å². The Bertz CT molecular complexity index is 606. The highest BCUT2D eigenvalue weighted by Crippen LogP contribution is 2.01. The zero-order valence-corrected chi connectivity index (χ0v) is 11.5. The molecule has 0 radical (unpaired) electrons. The number of carbonyl (C=O) groups is 2. The summed E-state index contributed by atoms with van der Waals surface area (Å²) in [5.74, 6) is -1.22. The van der Waals surface area contributed by atoms with Crippen molar-refractivity contribution < 1.29 is 14.7 Å². The number of aromatic amines is 2. The van der Waals surface area contributed by atoms with Gasteiger partial charge in [-0.25, -0.2) is 14.8 Å². The first kappa shape index (κ1) is 14.7. The molecule has 9 heteroatoms. The average Bonchev–Trinajstić information content (AvgIpc) is 3.09. The summed E-state index contributed by atoms with van der Waals surface area (Å²) in [5, 5.41) is 18.0. The number of carbonyl (C=O) groups excluding carboxylic acids is 1. The summed E-state index contributed by atoms with van der Waals surface area (Å²) in [5.41, 5.74) is 0.615. The summed E-state index contributed by atoms with van der Waals surface area (Å²) in [6.45, 7) is 1.98. The third-order valence-corrected chi connectivity index (χ3v) is 2.80. The molecule has 2 aromatic rings. The third kappa shape index (κ3) is 3.88. The van der Waals surface area contributed by atoms with Crippen LogP contribution in [0.3, 0.4) is 0 Å². The lowest BCUT2D eigenvalue weighted by atomic mass is 10.1. The Labute approximate surface area is 120 Å². The number of aromatic nitrogens is 5. The minimum Gasteiger partial charge on any atom is -0.480 e. The highest BCUT2D eigenvalue weighted by Gasteiger charge is 2.23. The number of hydrogen-bond donors (Lipinski definition) is 4. The Balaban J connectivity index is 2.01. The van der Waals surface area contributed by atoms with Gasteiger partial charge >= 0.3 is 5.97 Å². The molecule has 4 N–H and O–H groups in total. The summed E-state index contributed by atoms with van der Waals surface area (Å²) in [7, 11) is 0. The molecule has 0 aliphatic rings. The predicted octanol–water partition coefficient (Wildman–Crippen LogP) is -0.0940. The average molecular weight is 292 g/mol. The van der Waals surface area contributed by atoms with Crippen LogP contribution >= 0.6 is 0 Å². The number of aliphatic carboxylic acids is 1. The first-order valence-corrected chi connectivity index (χ1v) is 6.52. The van der Waals surface area contributed by atoms with Gasteiger partial charge in [0.2, 0.25) is 5.82 Å². The van der Waals surface area contributed by atoms with Crippen molar-refractivity contribution in [3.05, 3.63) is 29.9 Å². The van der Waals surface area contributed by atoms with Gasteiger partial charge in [0.15, 0.2) is 0 Å². The van der Waals surface area contributed by atoms with Crippen LogP contribution in [0.2, 0.25) is 0 Å². The summed E-state index contributed by atoms with van der Waals surface area (Å²) in [6, 6.07) is -1.08. The molecule has 0 aromatic carbocycles. The van der Waals surface area contributed by atoms with Crippen molar-refractivity contribution in [3.8, 4) is 0 Å². The fourth-order valence-corrected chi connectivity index (χ4v) is 1.78. The molecule has 21 heavy (non-hydrogen) atoms. The Hall–Kier alpha value is -2.71. The van der Waals surface area contributed by atoms with Crippen molar-refractivity contribution in [3.63, 3.8) is 0 Å². The van der Waals surface area contributed by atoms with Crippen molar-refractivity contribution in [1.82, 2.24) is 30.5 Å². The van der Waals surface area contributed by atoms with Gasteiger partial charge in [-0.15, -0.1) is 5.10 Å². The molecule has 0 bridgehead atoms. The predicted molar refractivity (Wildman–Crippen MR) is 71.6 cm³/mol. The van der Waals surface area contributed by atoms with Crippen molar-refractivity contribution in [2.45, 2.75) is 32.2 Å². The van der Waals surface area contributed by atoms with Gasteiger partial charge in [0.05, 0.1) is 6.33 Å². The number of amides is 1. The van der Waals surface area contributed by atoms with Crippen molar-refractivity contribution in [2.75, 3.05) is 0 Å². The van der Waals surface area contributed by atoms with Gasteiger partial charge < -0.3 is 15.4 Å². The molecule has 9 nitrogen and oxygen atoms in total. The van der Waals surface area contributed by atoms with E-state index in [0.717, 1.165) is 6.42 Å². The van der Waals surface area contributed by atoms with E-state index in [1.54, 1.807) is 0 Å². The van der Waals surface area contributed by atoms with Gasteiger partial charge in [0.25, 0.3) is 5.91 Å². The minimum absolute atomic E-state index is 0.0608. The number of carboxylic acids is 1. The van der Waals surface area contributed by atoms with Crippen LogP contribution in [0.5, 0.6) is 0 Å². The summed E-state index contributed by atoms with van der Waals surface area (Å²) in [6.07, 6.45) is 4.61. The molecule has 1 amide bonds. The zero-order chi connectivity index (χ0) is 15.2. The van der Waals surface area contributed by atoms with E-state index in [-0.39, 0.29) is 12.2 Å². The van der Waals surface area contributed by atoms with Crippen LogP contribution in [0.1, 0.15) is 35.5 Å². The minimum atomic E-state index is -1.14. The standard InChI is InChI=1S/C12H16N6O3/c1-2-3-9-16-10(18-17-9)11(19)15-8(12(20)21)4-7-5-13-6-14-7/h5-6,8H,2-4H2,1H3,(H,13,14)(H,15,19)(H,20,21)(H,16,17,18). The maximum atomic E-state index is 12.0. The van der Waals surface area contributed by atoms with Crippen LogP contribution in [-0.4, -0.2) is 48.2 Å². The van der Waals surface area contributed by atoms with E-state index in [1.165, 1.54) is 12.5 Å². The van der Waals surface area contributed by atoms with E-state index in [0.29, 0.717) is 17.9 Å². The van der Waals surface area contributed by atoms with Crippen molar-refractivity contribution >= 4 is 11.9 Å². The second kappa shape index (κ2) is 6.64. The molecule has 0 saturated carbocycles. The Morgan fingerprint density at radius 2 is 2.29 bits per heavy atom. The molecule has 0 aliphatic heterocycles. The Kier molecular flexibility index (Phi) is 4.64. The summed E-state index contributed by atoms with van der Waals surface area (Å²) in [4.78, 5) is 33.8. The van der Waals surface area contributed by atoms with E-state index in [9.17, 15) is 9.59 Å². The highest BCUT2D eigenvalue weighted by molar-refractivity contribution is 5.93. The SMILES string of the molecule is CCCc1nc(C(=O)NC(Cc2cnc[nH]2)C(=O)O)n[nH]1. The van der Waals surface area contributed by atoms with E-state index in [4.69, 9.17) is 5.11 Å². The first-order chi connectivity index (χ1) is 10.1. The second-order valence-corrected chi connectivity index (χ2v) is 4.50. The van der Waals surface area contributed by atoms with Gasteiger partial charge in [-0.3, -0.25) is 9.89 Å². The first-order valence-electron chi connectivity index (χ1n) is 6.52. The van der Waals surface area contributed by atoms with Crippen LogP contribution < -0.4 is 5.32 Å². The van der Waals surface area contributed by atoms with Crippen molar-refractivity contribution in [1.29, 1.82) is 0 Å². The van der Waals surface area contributed by atoms with Gasteiger partial charge in [0, 0.05) is 24.7 Å². The lowest BCUT2D eigenvalue weighted by Gasteiger charge is -2.12. The molecular formula is C12H16N6O3. The summed E-state index contributed by atoms with van der Waals surface area (Å²) < 4.78 is 0. The fraction of sp³-hybridized carbons (Fsp3) is 0.417. The van der Waals surface area contributed by atoms with Gasteiger partial charge in [-0.1, -0.05) is 6.92 Å². The zero-order valence-electron chi connectivity index (χ0n) is 11.5. The maximum absolute atomic E-state index is 12.0. The van der Waals surface area contributed by atoms with Crippen molar-refractivity contribution in [2.24, 2.45) is 0 Å². The number of imidazole rings is 1. The number of nitrogens with zero attached hydrogens (tertiary/aromatic N) is 3. The normalized spacial score (nSPS) is 12.0. The van der Waals surface area contributed by atoms with E-state index in [1.807, 2.05) is 6.92 Å².